The molecule has 0 fully saturated rings. The summed E-state index contributed by atoms with van der Waals surface area (Å²) in [5.74, 6) is 0.846. The zero-order valence-electron chi connectivity index (χ0n) is 11.4. The van der Waals surface area contributed by atoms with Crippen LogP contribution in [0.4, 0.5) is 0 Å². The maximum absolute atomic E-state index is 10.7. The quantitative estimate of drug-likeness (QED) is 0.547. The number of aryl methyl sites for hydroxylation is 2. The molecule has 0 atom stereocenters. The zero-order chi connectivity index (χ0) is 14.3. The Bertz CT molecular complexity index is 503. The predicted molar refractivity (Wildman–Crippen MR) is 77.3 cm³/mol. The fraction of sp³-hybridized carbons (Fsp3) is 0.615. The fourth-order valence-corrected chi connectivity index (χ4v) is 2.59. The Labute approximate surface area is 119 Å². The first-order valence-corrected chi connectivity index (χ1v) is 8.92. The van der Waals surface area contributed by atoms with Crippen molar-refractivity contribution in [2.24, 2.45) is 0 Å². The molecule has 19 heavy (non-hydrogen) atoms. The van der Waals surface area contributed by atoms with Crippen LogP contribution in [0.5, 0.6) is 5.75 Å². The lowest BCUT2D eigenvalue weighted by molar-refractivity contribution is 0.302. The van der Waals surface area contributed by atoms with Gasteiger partial charge in [-0.05, 0) is 44.7 Å². The third-order valence-corrected chi connectivity index (χ3v) is 3.94. The highest BCUT2D eigenvalue weighted by atomic mass is 35.7. The number of ether oxygens (including phenoxy) is 1. The van der Waals surface area contributed by atoms with Gasteiger partial charge in [0.05, 0.1) is 18.1 Å². The summed E-state index contributed by atoms with van der Waals surface area (Å²) in [6, 6.07) is 3.86. The number of hydrogen-bond acceptors (Lipinski definition) is 4. The van der Waals surface area contributed by atoms with Gasteiger partial charge in [-0.3, -0.25) is 4.98 Å². The van der Waals surface area contributed by atoms with E-state index in [2.05, 4.69) is 4.98 Å². The summed E-state index contributed by atoms with van der Waals surface area (Å²) >= 11 is 0. The summed E-state index contributed by atoms with van der Waals surface area (Å²) < 4.78 is 27.1. The molecule has 0 N–H and O–H groups in total. The summed E-state index contributed by atoms with van der Waals surface area (Å²) in [4.78, 5) is 4.42. The first-order chi connectivity index (χ1) is 8.92. The molecule has 1 aromatic heterocycles. The molecule has 0 amide bonds. The van der Waals surface area contributed by atoms with Crippen molar-refractivity contribution in [2.75, 3.05) is 12.4 Å². The first kappa shape index (κ1) is 16.2. The van der Waals surface area contributed by atoms with Crippen molar-refractivity contribution in [2.45, 2.75) is 39.5 Å². The fourth-order valence-electron chi connectivity index (χ4n) is 1.72. The highest BCUT2D eigenvalue weighted by Gasteiger charge is 2.05. The molecule has 0 unspecified atom stereocenters. The molecule has 0 aromatic carbocycles. The lowest BCUT2D eigenvalue weighted by atomic mass is 10.2. The van der Waals surface area contributed by atoms with Crippen LogP contribution in [0.15, 0.2) is 12.1 Å². The van der Waals surface area contributed by atoms with Crippen LogP contribution in [-0.4, -0.2) is 25.8 Å². The Kier molecular flexibility index (Phi) is 6.58. The van der Waals surface area contributed by atoms with Gasteiger partial charge in [0.2, 0.25) is 9.05 Å². The largest absolute Gasteiger partial charge is 0.492 e. The average Bonchev–Trinajstić information content (AvgIpc) is 2.33. The van der Waals surface area contributed by atoms with Crippen LogP contribution in [0.3, 0.4) is 0 Å². The lowest BCUT2D eigenvalue weighted by Crippen LogP contribution is -2.03. The maximum atomic E-state index is 10.7. The van der Waals surface area contributed by atoms with Gasteiger partial charge in [0, 0.05) is 16.4 Å². The number of unbranched alkanes of at least 4 members (excludes halogenated alkanes) is 2. The molecule has 0 radical (unpaired) electrons. The molecule has 0 spiro atoms. The topological polar surface area (TPSA) is 56.3 Å². The molecule has 0 aliphatic carbocycles. The number of halogens is 1. The standard InChI is InChI=1S/C13H20ClNO3S/c1-3-12-13(8-7-11(2)15-12)18-9-5-4-6-10-19(14,16)17/h7-8H,3-6,9-10H2,1-2H3. The van der Waals surface area contributed by atoms with Crippen LogP contribution in [-0.2, 0) is 15.5 Å². The van der Waals surface area contributed by atoms with Gasteiger partial charge in [-0.2, -0.15) is 0 Å². The summed E-state index contributed by atoms with van der Waals surface area (Å²) in [5.41, 5.74) is 1.94. The van der Waals surface area contributed by atoms with Gasteiger partial charge in [-0.1, -0.05) is 6.92 Å². The minimum absolute atomic E-state index is 0.0286. The lowest BCUT2D eigenvalue weighted by Gasteiger charge is -2.10. The van der Waals surface area contributed by atoms with Crippen LogP contribution >= 0.6 is 10.7 Å². The molecule has 1 heterocycles. The molecule has 0 aliphatic rings. The van der Waals surface area contributed by atoms with E-state index >= 15 is 0 Å². The SMILES string of the molecule is CCc1nc(C)ccc1OCCCCCS(=O)(=O)Cl. The van der Waals surface area contributed by atoms with Crippen molar-refractivity contribution in [1.29, 1.82) is 0 Å². The van der Waals surface area contributed by atoms with Gasteiger partial charge in [-0.15, -0.1) is 0 Å². The van der Waals surface area contributed by atoms with Gasteiger partial charge < -0.3 is 4.74 Å². The highest BCUT2D eigenvalue weighted by molar-refractivity contribution is 8.13. The van der Waals surface area contributed by atoms with E-state index in [-0.39, 0.29) is 5.75 Å². The normalized spacial score (nSPS) is 11.5. The molecule has 0 saturated heterocycles. The van der Waals surface area contributed by atoms with Crippen molar-refractivity contribution in [3.63, 3.8) is 0 Å². The van der Waals surface area contributed by atoms with Gasteiger partial charge in [0.25, 0.3) is 0 Å². The van der Waals surface area contributed by atoms with E-state index in [1.807, 2.05) is 26.0 Å². The van der Waals surface area contributed by atoms with Crippen LogP contribution in [0.25, 0.3) is 0 Å². The summed E-state index contributed by atoms with van der Waals surface area (Å²) in [7, 11) is 1.77. The van der Waals surface area contributed by atoms with E-state index in [0.29, 0.717) is 13.0 Å². The Hall–Kier alpha value is -0.810. The van der Waals surface area contributed by atoms with Gasteiger partial charge in [0.1, 0.15) is 5.75 Å². The number of rotatable bonds is 8. The molecule has 1 rings (SSSR count). The Balaban J connectivity index is 2.30. The minimum atomic E-state index is -3.36. The van der Waals surface area contributed by atoms with Gasteiger partial charge in [-0.25, -0.2) is 8.42 Å². The van der Waals surface area contributed by atoms with Gasteiger partial charge >= 0.3 is 0 Å². The number of aromatic nitrogens is 1. The van der Waals surface area contributed by atoms with Crippen molar-refractivity contribution in [1.82, 2.24) is 4.98 Å². The number of pyridine rings is 1. The van der Waals surface area contributed by atoms with Crippen molar-refractivity contribution in [3.05, 3.63) is 23.5 Å². The minimum Gasteiger partial charge on any atom is -0.492 e. The van der Waals surface area contributed by atoms with E-state index in [9.17, 15) is 8.42 Å². The van der Waals surface area contributed by atoms with E-state index in [1.54, 1.807) is 0 Å². The molecule has 0 bridgehead atoms. The maximum Gasteiger partial charge on any atom is 0.232 e. The second-order valence-corrected chi connectivity index (χ2v) is 7.30. The highest BCUT2D eigenvalue weighted by Crippen LogP contribution is 2.18. The van der Waals surface area contributed by atoms with Gasteiger partial charge in [0.15, 0.2) is 0 Å². The van der Waals surface area contributed by atoms with E-state index in [1.165, 1.54) is 0 Å². The average molecular weight is 306 g/mol. The predicted octanol–water partition coefficient (Wildman–Crippen LogP) is 3.07. The van der Waals surface area contributed by atoms with Crippen LogP contribution in [0.2, 0.25) is 0 Å². The van der Waals surface area contributed by atoms with E-state index in [4.69, 9.17) is 15.4 Å². The second-order valence-electron chi connectivity index (χ2n) is 4.40. The first-order valence-electron chi connectivity index (χ1n) is 6.44. The molecule has 4 nitrogen and oxygen atoms in total. The Morgan fingerprint density at radius 2 is 2.00 bits per heavy atom. The third kappa shape index (κ3) is 6.78. The second kappa shape index (κ2) is 7.70. The third-order valence-electron chi connectivity index (χ3n) is 2.70. The molecule has 1 aromatic rings. The van der Waals surface area contributed by atoms with Crippen molar-refractivity contribution >= 4 is 19.7 Å². The molecular weight excluding hydrogens is 286 g/mol. The molecule has 108 valence electrons. The molecular formula is C13H20ClNO3S. The molecule has 0 aliphatic heterocycles. The number of nitrogens with zero attached hydrogens (tertiary/aromatic N) is 1. The molecule has 0 saturated carbocycles. The summed E-state index contributed by atoms with van der Waals surface area (Å²) in [5, 5.41) is 0. The van der Waals surface area contributed by atoms with E-state index < -0.39 is 9.05 Å². The Morgan fingerprint density at radius 3 is 2.63 bits per heavy atom. The van der Waals surface area contributed by atoms with Crippen molar-refractivity contribution < 1.29 is 13.2 Å². The monoisotopic (exact) mass is 305 g/mol. The van der Waals surface area contributed by atoms with Crippen LogP contribution in [0.1, 0.15) is 37.6 Å². The van der Waals surface area contributed by atoms with Crippen LogP contribution < -0.4 is 4.74 Å². The summed E-state index contributed by atoms with van der Waals surface area (Å²) in [6.07, 6.45) is 3.00. The molecule has 6 heteroatoms. The number of hydrogen-bond donors (Lipinski definition) is 0. The van der Waals surface area contributed by atoms with E-state index in [0.717, 1.165) is 36.4 Å². The van der Waals surface area contributed by atoms with Crippen molar-refractivity contribution in [3.8, 4) is 5.75 Å². The zero-order valence-corrected chi connectivity index (χ0v) is 12.9. The Morgan fingerprint density at radius 1 is 1.26 bits per heavy atom. The van der Waals surface area contributed by atoms with Crippen LogP contribution in [0, 0.1) is 6.92 Å². The smallest absolute Gasteiger partial charge is 0.232 e. The summed E-state index contributed by atoms with van der Waals surface area (Å²) in [6.45, 7) is 4.57.